The number of rotatable bonds is 13. The Bertz CT molecular complexity index is 1080. The molecule has 2 aromatic rings. The Hall–Kier alpha value is -1.65. The van der Waals surface area contributed by atoms with Crippen molar-refractivity contribution in [2.75, 3.05) is 13.2 Å². The van der Waals surface area contributed by atoms with Crippen LogP contribution in [0.2, 0.25) is 0 Å². The Morgan fingerprint density at radius 3 is 1.98 bits per heavy atom. The lowest BCUT2D eigenvalue weighted by Gasteiger charge is -2.27. The summed E-state index contributed by atoms with van der Waals surface area (Å²) in [6.07, 6.45) is 1.40. The molecule has 0 aromatic heterocycles. The lowest BCUT2D eigenvalue weighted by Crippen LogP contribution is -2.40. The molecule has 1 N–H and O–H groups in total. The normalized spacial score (nSPS) is 29.1. The van der Waals surface area contributed by atoms with Crippen LogP contribution in [0, 0.1) is 0 Å². The fraction of sp³-hybridized carbons (Fsp3) is 0.600. The van der Waals surface area contributed by atoms with E-state index >= 15 is 0 Å². The lowest BCUT2D eigenvalue weighted by atomic mass is 10.0. The first kappa shape index (κ1) is 29.8. The van der Waals surface area contributed by atoms with Crippen LogP contribution in [0.25, 0.3) is 0 Å². The molecule has 0 aliphatic carbocycles. The van der Waals surface area contributed by atoms with Crippen molar-refractivity contribution in [2.45, 2.75) is 102 Å². The van der Waals surface area contributed by atoms with E-state index in [1.807, 2.05) is 88.4 Å². The fourth-order valence-corrected chi connectivity index (χ4v) is 6.73. The SMILES string of the molecule is CC1(C)O[C@@H]2[C@H](O1)[C@@H](CCCCNP(=O)(OCc1ccccc1)OCc1ccccc1)O[C@@H]2[C@H]1COC(C)(C)O1. The number of unbranched alkanes of at least 4 members (excludes halogenated alkanes) is 1. The highest BCUT2D eigenvalue weighted by atomic mass is 31.2. The zero-order valence-electron chi connectivity index (χ0n) is 23.8. The Balaban J connectivity index is 1.13. The number of fused-ring (bicyclic) bond motifs is 1. The van der Waals surface area contributed by atoms with Crippen molar-refractivity contribution in [1.29, 1.82) is 0 Å². The Morgan fingerprint density at radius 2 is 1.40 bits per heavy atom. The van der Waals surface area contributed by atoms with Gasteiger partial charge in [-0.2, -0.15) is 0 Å². The minimum absolute atomic E-state index is 0.125. The number of nitrogens with one attached hydrogen (secondary N) is 1. The number of hydrogen-bond acceptors (Lipinski definition) is 8. The van der Waals surface area contributed by atoms with Crippen LogP contribution in [-0.2, 0) is 50.5 Å². The highest BCUT2D eigenvalue weighted by Crippen LogP contribution is 2.46. The Kier molecular flexibility index (Phi) is 9.47. The number of hydrogen-bond donors (Lipinski definition) is 1. The van der Waals surface area contributed by atoms with Gasteiger partial charge < -0.3 is 23.7 Å². The second kappa shape index (κ2) is 12.7. The second-order valence-corrected chi connectivity index (χ2v) is 13.3. The predicted octanol–water partition coefficient (Wildman–Crippen LogP) is 5.73. The first-order valence-electron chi connectivity index (χ1n) is 14.2. The maximum absolute atomic E-state index is 13.6. The number of benzene rings is 2. The molecular formula is C30H42NO8P. The quantitative estimate of drug-likeness (QED) is 0.238. The van der Waals surface area contributed by atoms with Crippen LogP contribution in [0.5, 0.6) is 0 Å². The number of ether oxygens (including phenoxy) is 5. The van der Waals surface area contributed by atoms with E-state index in [2.05, 4.69) is 5.09 Å². The molecule has 0 bridgehead atoms. The van der Waals surface area contributed by atoms with E-state index < -0.39 is 19.3 Å². The summed E-state index contributed by atoms with van der Waals surface area (Å²) in [5, 5.41) is 3.06. The van der Waals surface area contributed by atoms with E-state index in [0.29, 0.717) is 13.2 Å². The van der Waals surface area contributed by atoms with Crippen LogP contribution in [-0.4, -0.2) is 55.2 Å². The molecule has 0 saturated carbocycles. The van der Waals surface area contributed by atoms with Gasteiger partial charge in [-0.15, -0.1) is 0 Å². The van der Waals surface area contributed by atoms with Gasteiger partial charge in [0.2, 0.25) is 0 Å². The van der Waals surface area contributed by atoms with Crippen molar-refractivity contribution >= 4 is 7.75 Å². The maximum Gasteiger partial charge on any atom is 0.406 e. The van der Waals surface area contributed by atoms with Gasteiger partial charge in [-0.25, -0.2) is 9.65 Å². The zero-order valence-corrected chi connectivity index (χ0v) is 24.7. The molecule has 0 spiro atoms. The average molecular weight is 576 g/mol. The van der Waals surface area contributed by atoms with Gasteiger partial charge >= 0.3 is 7.75 Å². The molecule has 3 saturated heterocycles. The summed E-state index contributed by atoms with van der Waals surface area (Å²) in [5.41, 5.74) is 1.86. The minimum Gasteiger partial charge on any atom is -0.367 e. The third kappa shape index (κ3) is 7.79. The smallest absolute Gasteiger partial charge is 0.367 e. The largest absolute Gasteiger partial charge is 0.406 e. The van der Waals surface area contributed by atoms with Gasteiger partial charge in [-0.1, -0.05) is 60.7 Å². The van der Waals surface area contributed by atoms with Crippen molar-refractivity contribution < 1.29 is 37.3 Å². The fourth-order valence-electron chi connectivity index (χ4n) is 5.41. The van der Waals surface area contributed by atoms with Gasteiger partial charge in [0.25, 0.3) is 0 Å². The molecule has 0 radical (unpaired) electrons. The van der Waals surface area contributed by atoms with E-state index in [1.165, 1.54) is 0 Å². The summed E-state index contributed by atoms with van der Waals surface area (Å²) in [6.45, 7) is 9.00. The maximum atomic E-state index is 13.6. The van der Waals surface area contributed by atoms with Crippen molar-refractivity contribution in [3.05, 3.63) is 71.8 Å². The Labute approximate surface area is 237 Å². The topological polar surface area (TPSA) is 93.7 Å². The first-order valence-corrected chi connectivity index (χ1v) is 15.7. The summed E-state index contributed by atoms with van der Waals surface area (Å²) >= 11 is 0. The molecule has 0 amide bonds. The van der Waals surface area contributed by atoms with Gasteiger partial charge in [0.1, 0.15) is 24.4 Å². The lowest BCUT2D eigenvalue weighted by molar-refractivity contribution is -0.206. The highest BCUT2D eigenvalue weighted by Gasteiger charge is 2.58. The van der Waals surface area contributed by atoms with E-state index in [-0.39, 0.29) is 43.7 Å². The molecule has 40 heavy (non-hydrogen) atoms. The van der Waals surface area contributed by atoms with E-state index in [0.717, 1.165) is 30.4 Å². The van der Waals surface area contributed by atoms with Crippen molar-refractivity contribution in [2.24, 2.45) is 0 Å². The van der Waals surface area contributed by atoms with Crippen LogP contribution in [0.3, 0.4) is 0 Å². The summed E-state index contributed by atoms with van der Waals surface area (Å²) in [6, 6.07) is 19.3. The van der Waals surface area contributed by atoms with Crippen LogP contribution in [0.4, 0.5) is 0 Å². The standard InChI is InChI=1S/C30H42NO8P/c1-29(2)33-21-25(37-29)26-28-27(38-30(3,4)39-28)24(36-26)17-11-12-18-31-40(32,34-19-22-13-7-5-8-14-22)35-20-23-15-9-6-10-16-23/h5-10,13-16,24-28H,11-12,17-21H2,1-4H3,(H,31,32)/t24-,25-,26-,27-,28+/m1/s1. The summed E-state index contributed by atoms with van der Waals surface area (Å²) in [7, 11) is -3.54. The molecule has 10 heteroatoms. The molecule has 3 aliphatic heterocycles. The van der Waals surface area contributed by atoms with Crippen LogP contribution >= 0.6 is 7.75 Å². The molecule has 3 aliphatic rings. The van der Waals surface area contributed by atoms with Gasteiger partial charge in [-0.3, -0.25) is 9.05 Å². The van der Waals surface area contributed by atoms with Crippen molar-refractivity contribution in [1.82, 2.24) is 5.09 Å². The molecule has 0 unspecified atom stereocenters. The van der Waals surface area contributed by atoms with Crippen LogP contribution < -0.4 is 5.09 Å². The molecule has 2 aromatic carbocycles. The Morgan fingerprint density at radius 1 is 0.800 bits per heavy atom. The highest BCUT2D eigenvalue weighted by molar-refractivity contribution is 7.51. The van der Waals surface area contributed by atoms with Crippen LogP contribution in [0.1, 0.15) is 58.1 Å². The molecule has 5 atom stereocenters. The third-order valence-electron chi connectivity index (χ3n) is 7.29. The monoisotopic (exact) mass is 575 g/mol. The molecular weight excluding hydrogens is 533 g/mol. The molecule has 5 rings (SSSR count). The summed E-state index contributed by atoms with van der Waals surface area (Å²) in [5.74, 6) is -1.31. The van der Waals surface area contributed by atoms with Crippen molar-refractivity contribution in [3.63, 3.8) is 0 Å². The van der Waals surface area contributed by atoms with Gasteiger partial charge in [0.05, 0.1) is 25.9 Å². The van der Waals surface area contributed by atoms with Gasteiger partial charge in [0, 0.05) is 6.54 Å². The predicted molar refractivity (Wildman–Crippen MR) is 149 cm³/mol. The zero-order chi connectivity index (χ0) is 28.2. The third-order valence-corrected chi connectivity index (χ3v) is 8.84. The molecule has 220 valence electrons. The van der Waals surface area contributed by atoms with E-state index in [4.69, 9.17) is 32.7 Å². The van der Waals surface area contributed by atoms with Gasteiger partial charge in [-0.05, 0) is 58.1 Å². The van der Waals surface area contributed by atoms with Gasteiger partial charge in [0.15, 0.2) is 11.6 Å². The molecule has 9 nitrogen and oxygen atoms in total. The molecule has 3 heterocycles. The molecule has 3 fully saturated rings. The summed E-state index contributed by atoms with van der Waals surface area (Å²) < 4.78 is 56.0. The van der Waals surface area contributed by atoms with E-state index in [1.54, 1.807) is 0 Å². The summed E-state index contributed by atoms with van der Waals surface area (Å²) in [4.78, 5) is 0. The first-order chi connectivity index (χ1) is 19.1. The second-order valence-electron chi connectivity index (χ2n) is 11.5. The van der Waals surface area contributed by atoms with Crippen molar-refractivity contribution in [3.8, 4) is 0 Å². The average Bonchev–Trinajstić information content (AvgIpc) is 3.57. The minimum atomic E-state index is -3.54. The van der Waals surface area contributed by atoms with Crippen LogP contribution in [0.15, 0.2) is 60.7 Å². The van der Waals surface area contributed by atoms with E-state index in [9.17, 15) is 4.57 Å².